The Balaban J connectivity index is 1.37. The highest BCUT2D eigenvalue weighted by Crippen LogP contribution is 2.44. The van der Waals surface area contributed by atoms with Crippen LogP contribution in [0.25, 0.3) is 11.1 Å². The number of aryl methyl sites for hydroxylation is 1. The number of thiazole rings is 1. The molecule has 0 radical (unpaired) electrons. The van der Waals surface area contributed by atoms with Crippen molar-refractivity contribution in [3.05, 3.63) is 59.8 Å². The Labute approximate surface area is 187 Å². The summed E-state index contributed by atoms with van der Waals surface area (Å²) in [7, 11) is 0. The number of thioether (sulfide) groups is 1. The first-order valence-corrected chi connectivity index (χ1v) is 12.0. The lowest BCUT2D eigenvalue weighted by Crippen LogP contribution is -2.49. The molecule has 2 heterocycles. The number of urea groups is 1. The Bertz CT molecular complexity index is 1130. The molecule has 0 N–H and O–H groups in total. The number of hydrogen-bond donors (Lipinski definition) is 0. The SMILES string of the molecule is Cc1nc(N2CCCN(c3ccc(-c4cc(F)ccc4F)cc3)C2=O)sc1SC1CC1. The van der Waals surface area contributed by atoms with E-state index in [2.05, 4.69) is 4.98 Å². The van der Waals surface area contributed by atoms with Crippen molar-refractivity contribution in [3.8, 4) is 11.1 Å². The summed E-state index contributed by atoms with van der Waals surface area (Å²) in [6, 6.07) is 10.3. The average Bonchev–Trinajstić information content (AvgIpc) is 3.51. The standard InChI is InChI=1S/C23H21F2N3OS2/c1-14-21(30-18-8-9-18)31-22(26-14)28-12-2-11-27(23(28)29)17-6-3-15(4-7-17)19-13-16(24)5-10-20(19)25/h3-7,10,13,18H,2,8-9,11-12H2,1H3. The van der Waals surface area contributed by atoms with Crippen molar-refractivity contribution < 1.29 is 13.6 Å². The summed E-state index contributed by atoms with van der Waals surface area (Å²) in [6.07, 6.45) is 3.34. The summed E-state index contributed by atoms with van der Waals surface area (Å²) >= 11 is 3.46. The number of halogens is 2. The first kappa shape index (κ1) is 20.5. The van der Waals surface area contributed by atoms with Crippen LogP contribution in [0.15, 0.2) is 46.7 Å². The molecule has 1 aliphatic heterocycles. The zero-order valence-corrected chi connectivity index (χ0v) is 18.6. The molecular weight excluding hydrogens is 436 g/mol. The van der Waals surface area contributed by atoms with Crippen molar-refractivity contribution in [2.24, 2.45) is 0 Å². The molecule has 4 nitrogen and oxygen atoms in total. The number of amides is 2. The fourth-order valence-electron chi connectivity index (χ4n) is 3.61. The first-order chi connectivity index (χ1) is 15.0. The minimum atomic E-state index is -0.486. The molecule has 2 fully saturated rings. The maximum absolute atomic E-state index is 14.1. The molecule has 2 aromatic carbocycles. The molecule has 0 unspecified atom stereocenters. The van der Waals surface area contributed by atoms with Crippen molar-refractivity contribution in [2.45, 2.75) is 35.6 Å². The summed E-state index contributed by atoms with van der Waals surface area (Å²) in [5.41, 5.74) is 2.50. The van der Waals surface area contributed by atoms with Crippen LogP contribution < -0.4 is 9.80 Å². The fourth-order valence-corrected chi connectivity index (χ4v) is 6.15. The summed E-state index contributed by atoms with van der Waals surface area (Å²) in [4.78, 5) is 21.4. The van der Waals surface area contributed by atoms with E-state index in [4.69, 9.17) is 0 Å². The summed E-state index contributed by atoms with van der Waals surface area (Å²) < 4.78 is 28.8. The predicted octanol–water partition coefficient (Wildman–Crippen LogP) is 6.49. The lowest BCUT2D eigenvalue weighted by Gasteiger charge is -2.34. The maximum atomic E-state index is 14.1. The van der Waals surface area contributed by atoms with Crippen molar-refractivity contribution in [3.63, 3.8) is 0 Å². The van der Waals surface area contributed by atoms with Gasteiger partial charge < -0.3 is 0 Å². The van der Waals surface area contributed by atoms with E-state index < -0.39 is 11.6 Å². The van der Waals surface area contributed by atoms with Crippen LogP contribution in [0, 0.1) is 18.6 Å². The van der Waals surface area contributed by atoms with Crippen molar-refractivity contribution in [1.82, 2.24) is 4.98 Å². The zero-order chi connectivity index (χ0) is 21.5. The smallest absolute Gasteiger partial charge is 0.294 e. The number of benzene rings is 2. The highest BCUT2D eigenvalue weighted by molar-refractivity contribution is 8.02. The Morgan fingerprint density at radius 3 is 2.55 bits per heavy atom. The van der Waals surface area contributed by atoms with E-state index in [1.54, 1.807) is 45.4 Å². The Morgan fingerprint density at radius 2 is 1.81 bits per heavy atom. The van der Waals surface area contributed by atoms with Crippen LogP contribution in [0.2, 0.25) is 0 Å². The molecule has 8 heteroatoms. The van der Waals surface area contributed by atoms with E-state index in [-0.39, 0.29) is 11.6 Å². The number of anilines is 2. The van der Waals surface area contributed by atoms with Gasteiger partial charge in [-0.1, -0.05) is 23.5 Å². The molecule has 0 bridgehead atoms. The van der Waals surface area contributed by atoms with Gasteiger partial charge in [-0.05, 0) is 62.1 Å². The van der Waals surface area contributed by atoms with E-state index in [0.717, 1.165) is 35.1 Å². The molecule has 0 spiro atoms. The highest BCUT2D eigenvalue weighted by atomic mass is 32.2. The van der Waals surface area contributed by atoms with Crippen molar-refractivity contribution in [2.75, 3.05) is 22.9 Å². The van der Waals surface area contributed by atoms with Gasteiger partial charge >= 0.3 is 6.03 Å². The molecule has 1 saturated heterocycles. The lowest BCUT2D eigenvalue weighted by molar-refractivity contribution is 0.248. The number of carbonyl (C=O) groups is 1. The van der Waals surface area contributed by atoms with E-state index in [1.165, 1.54) is 23.1 Å². The normalized spacial score (nSPS) is 16.8. The van der Waals surface area contributed by atoms with E-state index in [0.29, 0.717) is 23.9 Å². The van der Waals surface area contributed by atoms with Crippen molar-refractivity contribution in [1.29, 1.82) is 0 Å². The third-order valence-corrected chi connectivity index (χ3v) is 8.24. The van der Waals surface area contributed by atoms with Crippen LogP contribution in [0.1, 0.15) is 25.0 Å². The summed E-state index contributed by atoms with van der Waals surface area (Å²) in [5, 5.41) is 1.44. The quantitative estimate of drug-likeness (QED) is 0.439. The van der Waals surface area contributed by atoms with Crippen LogP contribution in [0.5, 0.6) is 0 Å². The van der Waals surface area contributed by atoms with Crippen LogP contribution in [0.3, 0.4) is 0 Å². The van der Waals surface area contributed by atoms with Gasteiger partial charge in [0.2, 0.25) is 0 Å². The molecule has 160 valence electrons. The number of aromatic nitrogens is 1. The van der Waals surface area contributed by atoms with Gasteiger partial charge in [-0.15, -0.1) is 11.8 Å². The Hall–Kier alpha value is -2.45. The number of carbonyl (C=O) groups excluding carboxylic acids is 1. The maximum Gasteiger partial charge on any atom is 0.330 e. The molecular formula is C23H21F2N3OS2. The summed E-state index contributed by atoms with van der Waals surface area (Å²) in [5.74, 6) is -0.964. The van der Waals surface area contributed by atoms with Crippen LogP contribution in [0.4, 0.5) is 24.4 Å². The monoisotopic (exact) mass is 457 g/mol. The molecule has 31 heavy (non-hydrogen) atoms. The molecule has 5 rings (SSSR count). The van der Waals surface area contributed by atoms with Gasteiger partial charge in [0.1, 0.15) is 11.6 Å². The Kier molecular flexibility index (Phi) is 5.44. The second-order valence-corrected chi connectivity index (χ2v) is 10.3. The number of hydrogen-bond acceptors (Lipinski definition) is 4. The fraction of sp³-hybridized carbons (Fsp3) is 0.304. The van der Waals surface area contributed by atoms with Gasteiger partial charge in [0, 0.05) is 29.6 Å². The van der Waals surface area contributed by atoms with Gasteiger partial charge in [0.05, 0.1) is 9.90 Å². The third-order valence-electron chi connectivity index (χ3n) is 5.42. The molecule has 0 atom stereocenters. The average molecular weight is 458 g/mol. The molecule has 2 aliphatic rings. The minimum Gasteiger partial charge on any atom is -0.294 e. The second kappa shape index (κ2) is 8.24. The van der Waals surface area contributed by atoms with Crippen molar-refractivity contribution >= 4 is 39.9 Å². The number of nitrogens with zero attached hydrogens (tertiary/aromatic N) is 3. The highest BCUT2D eigenvalue weighted by Gasteiger charge is 2.31. The third kappa shape index (κ3) is 4.19. The lowest BCUT2D eigenvalue weighted by atomic mass is 10.0. The number of rotatable bonds is 5. The second-order valence-electron chi connectivity index (χ2n) is 7.80. The van der Waals surface area contributed by atoms with E-state index in [1.807, 2.05) is 18.7 Å². The molecule has 2 amide bonds. The van der Waals surface area contributed by atoms with Gasteiger partial charge in [0.25, 0.3) is 0 Å². The zero-order valence-electron chi connectivity index (χ0n) is 17.0. The Morgan fingerprint density at radius 1 is 1.06 bits per heavy atom. The molecule has 3 aromatic rings. The van der Waals surface area contributed by atoms with E-state index >= 15 is 0 Å². The summed E-state index contributed by atoms with van der Waals surface area (Å²) in [6.45, 7) is 3.25. The van der Waals surface area contributed by atoms with Gasteiger partial charge in [-0.2, -0.15) is 0 Å². The topological polar surface area (TPSA) is 36.4 Å². The van der Waals surface area contributed by atoms with Gasteiger partial charge in [-0.3, -0.25) is 9.80 Å². The van der Waals surface area contributed by atoms with E-state index in [9.17, 15) is 13.6 Å². The van der Waals surface area contributed by atoms with Gasteiger partial charge in [0.15, 0.2) is 5.13 Å². The van der Waals surface area contributed by atoms with Crippen LogP contribution in [-0.4, -0.2) is 29.4 Å². The first-order valence-electron chi connectivity index (χ1n) is 10.3. The largest absolute Gasteiger partial charge is 0.330 e. The van der Waals surface area contributed by atoms with Crippen LogP contribution >= 0.6 is 23.1 Å². The predicted molar refractivity (Wildman–Crippen MR) is 122 cm³/mol. The van der Waals surface area contributed by atoms with Crippen LogP contribution in [-0.2, 0) is 0 Å². The molecule has 1 aliphatic carbocycles. The van der Waals surface area contributed by atoms with Gasteiger partial charge in [-0.25, -0.2) is 18.6 Å². The minimum absolute atomic E-state index is 0.104. The molecule has 1 saturated carbocycles. The molecule has 1 aromatic heterocycles.